The van der Waals surface area contributed by atoms with E-state index in [1.54, 1.807) is 22.9 Å². The molecule has 0 bridgehead atoms. The van der Waals surface area contributed by atoms with Crippen LogP contribution in [0.1, 0.15) is 23.2 Å². The van der Waals surface area contributed by atoms with Gasteiger partial charge in [0.1, 0.15) is 16.8 Å². The highest BCUT2D eigenvalue weighted by molar-refractivity contribution is 5.96. The monoisotopic (exact) mass is 452 g/mol. The van der Waals surface area contributed by atoms with E-state index in [0.717, 1.165) is 25.9 Å². The molecule has 174 valence electrons. The molecule has 0 radical (unpaired) electrons. The highest BCUT2D eigenvalue weighted by Crippen LogP contribution is 2.13. The summed E-state index contributed by atoms with van der Waals surface area (Å²) < 4.78 is 14.2. The van der Waals surface area contributed by atoms with Gasteiger partial charge >= 0.3 is 0 Å². The summed E-state index contributed by atoms with van der Waals surface area (Å²) >= 11 is 0. The predicted molar refractivity (Wildman–Crippen MR) is 121 cm³/mol. The number of aromatic nitrogens is 3. The summed E-state index contributed by atoms with van der Waals surface area (Å²) in [6.07, 6.45) is 3.54. The van der Waals surface area contributed by atoms with Crippen LogP contribution < -0.4 is 16.4 Å². The summed E-state index contributed by atoms with van der Waals surface area (Å²) in [6.45, 7) is 5.18. The van der Waals surface area contributed by atoms with E-state index in [4.69, 9.17) is 14.9 Å². The van der Waals surface area contributed by atoms with Crippen molar-refractivity contribution in [3.8, 4) is 0 Å². The van der Waals surface area contributed by atoms with Crippen LogP contribution in [0.5, 0.6) is 0 Å². The number of nitrogens with zero attached hydrogens (tertiary/aromatic N) is 4. The summed E-state index contributed by atoms with van der Waals surface area (Å²) in [5, 5.41) is 12.0. The number of nitrogens with one attached hydrogen (secondary N) is 2. The molecule has 5 rings (SSSR count). The van der Waals surface area contributed by atoms with Crippen LogP contribution in [0, 0.1) is 5.41 Å². The van der Waals surface area contributed by atoms with Crippen LogP contribution in [0.2, 0.25) is 0 Å². The predicted octanol–water partition coefficient (Wildman–Crippen LogP) is 0.370. The number of hydrogen-bond donors (Lipinski definition) is 2. The van der Waals surface area contributed by atoms with Crippen LogP contribution in [0.3, 0.4) is 0 Å². The topological polar surface area (TPSA) is 114 Å². The Hall–Kier alpha value is -3.08. The number of rotatable bonds is 6. The van der Waals surface area contributed by atoms with Gasteiger partial charge in [0.2, 0.25) is 0 Å². The van der Waals surface area contributed by atoms with Crippen molar-refractivity contribution in [2.45, 2.75) is 25.5 Å². The van der Waals surface area contributed by atoms with E-state index < -0.39 is 0 Å². The van der Waals surface area contributed by atoms with Gasteiger partial charge in [0, 0.05) is 45.5 Å². The maximum Gasteiger partial charge on any atom is 0.267 e. The van der Waals surface area contributed by atoms with Crippen LogP contribution in [-0.2, 0) is 16.0 Å². The van der Waals surface area contributed by atoms with Crippen LogP contribution in [0.25, 0.3) is 16.7 Å². The number of carbonyl (C=O) groups is 1. The zero-order valence-electron chi connectivity index (χ0n) is 18.5. The SMILES string of the molecule is N=c1c(C(=O)NCC2CCCO2)cc2c(=O)n3ccccc3nc2n1CCN1CCOCC1. The quantitative estimate of drug-likeness (QED) is 0.523. The molecule has 3 aromatic heterocycles. The average Bonchev–Trinajstić information content (AvgIpc) is 3.36. The minimum absolute atomic E-state index is 0.00623. The fraction of sp³-hybridized carbons (Fsp3) is 0.478. The van der Waals surface area contributed by atoms with Crippen molar-refractivity contribution in [1.29, 1.82) is 5.41 Å². The van der Waals surface area contributed by atoms with Gasteiger partial charge in [-0.3, -0.25) is 24.3 Å². The van der Waals surface area contributed by atoms with Crippen LogP contribution in [-0.4, -0.2) is 76.9 Å². The van der Waals surface area contributed by atoms with Crippen molar-refractivity contribution in [1.82, 2.24) is 24.2 Å². The van der Waals surface area contributed by atoms with Crippen molar-refractivity contribution in [3.63, 3.8) is 0 Å². The van der Waals surface area contributed by atoms with E-state index >= 15 is 0 Å². The molecular weight excluding hydrogens is 424 g/mol. The molecule has 0 spiro atoms. The van der Waals surface area contributed by atoms with Gasteiger partial charge in [0.25, 0.3) is 11.5 Å². The molecule has 10 nitrogen and oxygen atoms in total. The largest absolute Gasteiger partial charge is 0.379 e. The van der Waals surface area contributed by atoms with E-state index in [0.29, 0.717) is 56.1 Å². The van der Waals surface area contributed by atoms with Crippen molar-refractivity contribution < 1.29 is 14.3 Å². The number of ether oxygens (including phenoxy) is 2. The third kappa shape index (κ3) is 4.41. The van der Waals surface area contributed by atoms with Crippen molar-refractivity contribution in [2.75, 3.05) is 46.0 Å². The lowest BCUT2D eigenvalue weighted by Crippen LogP contribution is -2.41. The fourth-order valence-corrected chi connectivity index (χ4v) is 4.45. The third-order valence-electron chi connectivity index (χ3n) is 6.32. The average molecular weight is 453 g/mol. The first-order valence-electron chi connectivity index (χ1n) is 11.4. The number of pyridine rings is 2. The number of carbonyl (C=O) groups excluding carboxylic acids is 1. The minimum Gasteiger partial charge on any atom is -0.379 e. The van der Waals surface area contributed by atoms with Gasteiger partial charge < -0.3 is 19.4 Å². The molecule has 0 saturated carbocycles. The molecule has 1 atom stereocenters. The zero-order valence-corrected chi connectivity index (χ0v) is 18.5. The van der Waals surface area contributed by atoms with Gasteiger partial charge in [-0.1, -0.05) is 6.07 Å². The van der Waals surface area contributed by atoms with Gasteiger partial charge in [0.05, 0.1) is 30.3 Å². The van der Waals surface area contributed by atoms with Crippen LogP contribution in [0.15, 0.2) is 35.3 Å². The van der Waals surface area contributed by atoms with E-state index in [1.807, 2.05) is 6.07 Å². The summed E-state index contributed by atoms with van der Waals surface area (Å²) in [5.74, 6) is -0.380. The molecule has 3 aromatic rings. The van der Waals surface area contributed by atoms with Crippen molar-refractivity contribution >= 4 is 22.6 Å². The minimum atomic E-state index is -0.380. The molecule has 5 heterocycles. The number of hydrogen-bond acceptors (Lipinski definition) is 7. The van der Waals surface area contributed by atoms with E-state index in [-0.39, 0.29) is 28.6 Å². The molecule has 2 aliphatic rings. The highest BCUT2D eigenvalue weighted by atomic mass is 16.5. The lowest BCUT2D eigenvalue weighted by atomic mass is 10.2. The Morgan fingerprint density at radius 1 is 1.21 bits per heavy atom. The van der Waals surface area contributed by atoms with Gasteiger partial charge in [0.15, 0.2) is 0 Å². The molecule has 1 amide bonds. The maximum atomic E-state index is 13.3. The summed E-state index contributed by atoms with van der Waals surface area (Å²) in [4.78, 5) is 33.2. The fourth-order valence-electron chi connectivity index (χ4n) is 4.45. The highest BCUT2D eigenvalue weighted by Gasteiger charge is 2.21. The van der Waals surface area contributed by atoms with Gasteiger partial charge in [-0.2, -0.15) is 0 Å². The second-order valence-electron chi connectivity index (χ2n) is 8.44. The summed E-state index contributed by atoms with van der Waals surface area (Å²) in [6, 6.07) is 6.85. The first kappa shape index (κ1) is 21.7. The van der Waals surface area contributed by atoms with E-state index in [1.165, 1.54) is 10.5 Å². The van der Waals surface area contributed by atoms with Crippen molar-refractivity contribution in [3.05, 3.63) is 51.9 Å². The van der Waals surface area contributed by atoms with Gasteiger partial charge in [-0.25, -0.2) is 4.98 Å². The Balaban J connectivity index is 1.56. The molecule has 2 aliphatic heterocycles. The van der Waals surface area contributed by atoms with E-state index in [2.05, 4.69) is 15.2 Å². The normalized spacial score (nSPS) is 19.3. The van der Waals surface area contributed by atoms with E-state index in [9.17, 15) is 9.59 Å². The molecule has 0 aromatic carbocycles. The third-order valence-corrected chi connectivity index (χ3v) is 6.32. The van der Waals surface area contributed by atoms with Gasteiger partial charge in [-0.15, -0.1) is 0 Å². The lowest BCUT2D eigenvalue weighted by Gasteiger charge is -2.27. The zero-order chi connectivity index (χ0) is 22.8. The number of morpholine rings is 1. The Kier molecular flexibility index (Phi) is 6.21. The first-order chi connectivity index (χ1) is 16.1. The maximum absolute atomic E-state index is 13.3. The molecule has 1 unspecified atom stereocenters. The Morgan fingerprint density at radius 2 is 2.06 bits per heavy atom. The Morgan fingerprint density at radius 3 is 2.85 bits per heavy atom. The molecule has 2 N–H and O–H groups in total. The smallest absolute Gasteiger partial charge is 0.267 e. The number of amides is 1. The molecule has 2 saturated heterocycles. The molecule has 2 fully saturated rings. The second kappa shape index (κ2) is 9.42. The van der Waals surface area contributed by atoms with Crippen LogP contribution in [0.4, 0.5) is 0 Å². The second-order valence-corrected chi connectivity index (χ2v) is 8.44. The summed E-state index contributed by atoms with van der Waals surface area (Å²) in [5.41, 5.74) is 0.874. The van der Waals surface area contributed by atoms with Crippen molar-refractivity contribution in [2.24, 2.45) is 0 Å². The summed E-state index contributed by atoms with van der Waals surface area (Å²) in [7, 11) is 0. The standard InChI is InChI=1S/C23H28N6O4/c24-20-17(22(30)25-15-16-4-3-11-33-16)14-18-21(26-19-5-1-2-6-28(19)23(18)31)29(20)8-7-27-9-12-32-13-10-27/h1-2,5-6,14,16,24H,3-4,7-13,15H2,(H,25,30). The first-order valence-corrected chi connectivity index (χ1v) is 11.4. The molecular formula is C23H28N6O4. The van der Waals surface area contributed by atoms with Gasteiger partial charge in [-0.05, 0) is 31.0 Å². The number of fused-ring (bicyclic) bond motifs is 2. The van der Waals surface area contributed by atoms with Crippen LogP contribution >= 0.6 is 0 Å². The molecule has 0 aliphatic carbocycles. The molecule has 10 heteroatoms. The molecule has 33 heavy (non-hydrogen) atoms. The Bertz CT molecular complexity index is 1290. The lowest BCUT2D eigenvalue weighted by molar-refractivity contribution is 0.0363. The Labute approximate surface area is 190 Å².